The van der Waals surface area contributed by atoms with Gasteiger partial charge in [0, 0.05) is 32.1 Å². The maximum absolute atomic E-state index is 11.3. The molecule has 2 fully saturated rings. The molecule has 1 heterocycles. The van der Waals surface area contributed by atoms with Gasteiger partial charge in [-0.15, -0.1) is 0 Å². The first-order valence-electron chi connectivity index (χ1n) is 7.77. The van der Waals surface area contributed by atoms with Gasteiger partial charge in [0.15, 0.2) is 0 Å². The molecule has 19 heavy (non-hydrogen) atoms. The van der Waals surface area contributed by atoms with E-state index in [-0.39, 0.29) is 18.1 Å². The van der Waals surface area contributed by atoms with Gasteiger partial charge in [0.1, 0.15) is 0 Å². The summed E-state index contributed by atoms with van der Waals surface area (Å²) in [7, 11) is 0. The topological polar surface area (TPSA) is 52.6 Å². The molecule has 4 heteroatoms. The molecule has 110 valence electrons. The van der Waals surface area contributed by atoms with Gasteiger partial charge in [0.05, 0.1) is 6.10 Å². The first-order chi connectivity index (χ1) is 9.08. The fourth-order valence-corrected chi connectivity index (χ4v) is 3.40. The summed E-state index contributed by atoms with van der Waals surface area (Å²) in [4.78, 5) is 13.8. The number of amides is 1. The van der Waals surface area contributed by atoms with Gasteiger partial charge in [-0.05, 0) is 38.0 Å². The first kappa shape index (κ1) is 14.8. The van der Waals surface area contributed by atoms with Crippen LogP contribution in [-0.4, -0.2) is 47.2 Å². The van der Waals surface area contributed by atoms with Crippen LogP contribution in [0.1, 0.15) is 52.4 Å². The van der Waals surface area contributed by atoms with Crippen LogP contribution < -0.4 is 5.32 Å². The number of nitrogens with one attached hydrogen (secondary N) is 1. The van der Waals surface area contributed by atoms with E-state index in [0.717, 1.165) is 38.4 Å². The Balaban J connectivity index is 1.92. The molecule has 1 amide bonds. The normalized spacial score (nSPS) is 30.7. The third kappa shape index (κ3) is 4.18. The molecule has 3 unspecified atom stereocenters. The van der Waals surface area contributed by atoms with Gasteiger partial charge in [-0.2, -0.15) is 0 Å². The molecular weight excluding hydrogens is 240 g/mol. The third-order valence-corrected chi connectivity index (χ3v) is 4.64. The van der Waals surface area contributed by atoms with Gasteiger partial charge in [-0.1, -0.05) is 13.3 Å². The maximum Gasteiger partial charge on any atom is 0.217 e. The maximum atomic E-state index is 11.3. The fourth-order valence-electron chi connectivity index (χ4n) is 3.40. The predicted molar refractivity (Wildman–Crippen MR) is 75.8 cm³/mol. The van der Waals surface area contributed by atoms with Crippen LogP contribution in [0.3, 0.4) is 0 Å². The number of aliphatic hydroxyl groups excluding tert-OH is 1. The van der Waals surface area contributed by atoms with E-state index < -0.39 is 0 Å². The zero-order valence-corrected chi connectivity index (χ0v) is 12.3. The lowest BCUT2D eigenvalue weighted by Crippen LogP contribution is -2.55. The van der Waals surface area contributed by atoms with Crippen molar-refractivity contribution in [2.24, 2.45) is 5.92 Å². The lowest BCUT2D eigenvalue weighted by molar-refractivity contribution is -0.120. The van der Waals surface area contributed by atoms with Crippen molar-refractivity contribution in [1.82, 2.24) is 10.2 Å². The van der Waals surface area contributed by atoms with Crippen molar-refractivity contribution in [3.63, 3.8) is 0 Å². The van der Waals surface area contributed by atoms with Gasteiger partial charge < -0.3 is 10.4 Å². The molecule has 0 spiro atoms. The minimum atomic E-state index is -0.190. The Labute approximate surface area is 116 Å². The van der Waals surface area contributed by atoms with Crippen LogP contribution in [-0.2, 0) is 4.79 Å². The number of rotatable bonds is 5. The van der Waals surface area contributed by atoms with E-state index in [1.54, 1.807) is 6.92 Å². The predicted octanol–water partition coefficient (Wildman–Crippen LogP) is 1.53. The molecule has 2 N–H and O–H groups in total. The monoisotopic (exact) mass is 268 g/mol. The van der Waals surface area contributed by atoms with E-state index >= 15 is 0 Å². The Morgan fingerprint density at radius 1 is 1.42 bits per heavy atom. The Morgan fingerprint density at radius 2 is 2.16 bits per heavy atom. The Bertz CT molecular complexity index is 305. The highest BCUT2D eigenvalue weighted by Gasteiger charge is 2.34. The average molecular weight is 268 g/mol. The summed E-state index contributed by atoms with van der Waals surface area (Å²) in [6, 6.07) is 0.985. The van der Waals surface area contributed by atoms with E-state index in [1.807, 2.05) is 6.92 Å². The van der Waals surface area contributed by atoms with Crippen LogP contribution in [0, 0.1) is 5.92 Å². The summed E-state index contributed by atoms with van der Waals surface area (Å²) in [5, 5.41) is 12.9. The minimum absolute atomic E-state index is 0.0650. The molecule has 1 saturated carbocycles. The molecule has 2 aliphatic rings. The third-order valence-electron chi connectivity index (χ3n) is 4.64. The molecule has 1 aliphatic heterocycles. The largest absolute Gasteiger partial charge is 0.393 e. The van der Waals surface area contributed by atoms with Crippen molar-refractivity contribution in [3.8, 4) is 0 Å². The van der Waals surface area contributed by atoms with Crippen molar-refractivity contribution in [2.75, 3.05) is 13.1 Å². The number of piperidine rings is 1. The lowest BCUT2D eigenvalue weighted by Gasteiger charge is -2.45. The summed E-state index contributed by atoms with van der Waals surface area (Å²) in [5.74, 6) is 0.580. The van der Waals surface area contributed by atoms with Gasteiger partial charge in [0.25, 0.3) is 0 Å². The molecule has 2 rings (SSSR count). The quantitative estimate of drug-likeness (QED) is 0.795. The van der Waals surface area contributed by atoms with Crippen LogP contribution in [0.5, 0.6) is 0 Å². The van der Waals surface area contributed by atoms with E-state index in [4.69, 9.17) is 0 Å². The minimum Gasteiger partial charge on any atom is -0.393 e. The molecule has 1 aliphatic carbocycles. The zero-order chi connectivity index (χ0) is 13.8. The van der Waals surface area contributed by atoms with Crippen LogP contribution in [0.4, 0.5) is 0 Å². The van der Waals surface area contributed by atoms with E-state index in [2.05, 4.69) is 10.2 Å². The number of carbonyl (C=O) groups excluding carboxylic acids is 1. The molecule has 4 nitrogen and oxygen atoms in total. The highest BCUT2D eigenvalue weighted by atomic mass is 16.3. The highest BCUT2D eigenvalue weighted by molar-refractivity contribution is 5.73. The van der Waals surface area contributed by atoms with Gasteiger partial charge >= 0.3 is 0 Å². The van der Waals surface area contributed by atoms with Crippen LogP contribution >= 0.6 is 0 Å². The Hall–Kier alpha value is -0.610. The summed E-state index contributed by atoms with van der Waals surface area (Å²) in [6.45, 7) is 5.71. The summed E-state index contributed by atoms with van der Waals surface area (Å²) < 4.78 is 0. The summed E-state index contributed by atoms with van der Waals surface area (Å²) in [6.07, 6.45) is 6.46. The Morgan fingerprint density at radius 3 is 2.68 bits per heavy atom. The van der Waals surface area contributed by atoms with E-state index in [0.29, 0.717) is 5.92 Å². The van der Waals surface area contributed by atoms with Crippen molar-refractivity contribution >= 4 is 5.91 Å². The van der Waals surface area contributed by atoms with Crippen LogP contribution in [0.2, 0.25) is 0 Å². The molecule has 0 aromatic carbocycles. The molecule has 3 atom stereocenters. The molecule has 1 saturated heterocycles. The van der Waals surface area contributed by atoms with Gasteiger partial charge in [-0.3, -0.25) is 9.69 Å². The standard InChI is InChI=1S/C15H28N2O2/c1-3-15(19)8-12-7-13(16-11(2)18)10-17(9-12)14-5-4-6-14/h12-15,19H,3-10H2,1-2H3,(H,16,18). The summed E-state index contributed by atoms with van der Waals surface area (Å²) >= 11 is 0. The number of carbonyl (C=O) groups is 1. The zero-order valence-electron chi connectivity index (χ0n) is 12.3. The number of hydrogen-bond acceptors (Lipinski definition) is 3. The van der Waals surface area contributed by atoms with Gasteiger partial charge in [-0.25, -0.2) is 0 Å². The van der Waals surface area contributed by atoms with Crippen LogP contribution in [0.25, 0.3) is 0 Å². The summed E-state index contributed by atoms with van der Waals surface area (Å²) in [5.41, 5.74) is 0. The number of aliphatic hydroxyl groups is 1. The molecule has 0 aromatic rings. The number of hydrogen-bond donors (Lipinski definition) is 2. The SMILES string of the molecule is CCC(O)CC1CC(NC(C)=O)CN(C2CCC2)C1. The van der Waals surface area contributed by atoms with Crippen molar-refractivity contribution in [1.29, 1.82) is 0 Å². The van der Waals surface area contributed by atoms with Crippen molar-refractivity contribution in [2.45, 2.75) is 70.6 Å². The second-order valence-corrected chi connectivity index (χ2v) is 6.34. The molecule has 0 aromatic heterocycles. The first-order valence-corrected chi connectivity index (χ1v) is 7.77. The lowest BCUT2D eigenvalue weighted by atomic mass is 9.84. The Kier molecular flexibility index (Phi) is 5.22. The number of nitrogens with zero attached hydrogens (tertiary/aromatic N) is 1. The molecular formula is C15H28N2O2. The second-order valence-electron chi connectivity index (χ2n) is 6.34. The fraction of sp³-hybridized carbons (Fsp3) is 0.933. The average Bonchev–Trinajstić information content (AvgIpc) is 2.25. The highest BCUT2D eigenvalue weighted by Crippen LogP contribution is 2.30. The van der Waals surface area contributed by atoms with Crippen molar-refractivity contribution < 1.29 is 9.90 Å². The van der Waals surface area contributed by atoms with E-state index in [1.165, 1.54) is 19.3 Å². The smallest absolute Gasteiger partial charge is 0.217 e. The molecule has 0 radical (unpaired) electrons. The van der Waals surface area contributed by atoms with Gasteiger partial charge in [0.2, 0.25) is 5.91 Å². The number of likely N-dealkylation sites (tertiary alicyclic amines) is 1. The van der Waals surface area contributed by atoms with Crippen molar-refractivity contribution in [3.05, 3.63) is 0 Å². The second kappa shape index (κ2) is 6.71. The van der Waals surface area contributed by atoms with Crippen LogP contribution in [0.15, 0.2) is 0 Å². The van der Waals surface area contributed by atoms with E-state index in [9.17, 15) is 9.90 Å². The molecule has 0 bridgehead atoms.